The van der Waals surface area contributed by atoms with Crippen LogP contribution in [0.5, 0.6) is 0 Å². The molecule has 0 saturated carbocycles. The van der Waals surface area contributed by atoms with Gasteiger partial charge < -0.3 is 19.9 Å². The molecule has 0 aliphatic carbocycles. The smallest absolute Gasteiger partial charge is 0.407 e. The van der Waals surface area contributed by atoms with E-state index in [0.29, 0.717) is 5.56 Å². The highest BCUT2D eigenvalue weighted by Crippen LogP contribution is 2.18. The first-order chi connectivity index (χ1) is 10.7. The number of rotatable bonds is 6. The quantitative estimate of drug-likeness (QED) is 0.779. The summed E-state index contributed by atoms with van der Waals surface area (Å²) in [5, 5.41) is 11.6. The predicted molar refractivity (Wildman–Crippen MR) is 81.8 cm³/mol. The number of benzene rings is 1. The number of carbonyl (C=O) groups is 3. The van der Waals surface area contributed by atoms with Crippen LogP contribution < -0.4 is 5.32 Å². The minimum Gasteiger partial charge on any atom is -0.478 e. The second-order valence-electron chi connectivity index (χ2n) is 5.80. The van der Waals surface area contributed by atoms with Crippen molar-refractivity contribution in [1.82, 2.24) is 5.32 Å². The van der Waals surface area contributed by atoms with Crippen LogP contribution in [0.15, 0.2) is 30.3 Å². The van der Waals surface area contributed by atoms with Gasteiger partial charge >= 0.3 is 18.0 Å². The lowest BCUT2D eigenvalue weighted by Crippen LogP contribution is -2.34. The van der Waals surface area contributed by atoms with Gasteiger partial charge in [-0.3, -0.25) is 4.79 Å². The van der Waals surface area contributed by atoms with E-state index in [-0.39, 0.29) is 13.0 Å². The van der Waals surface area contributed by atoms with Crippen LogP contribution in [-0.2, 0) is 19.1 Å². The number of ether oxygens (including phenoxy) is 2. The van der Waals surface area contributed by atoms with Crippen LogP contribution in [0.25, 0.3) is 0 Å². The maximum atomic E-state index is 11.7. The molecule has 1 aromatic carbocycles. The summed E-state index contributed by atoms with van der Waals surface area (Å²) in [6.07, 6.45) is -2.18. The fraction of sp³-hybridized carbons (Fsp3) is 0.438. The summed E-state index contributed by atoms with van der Waals surface area (Å²) in [6.45, 7) is 5.16. The molecule has 0 aliphatic heterocycles. The number of carbonyl (C=O) groups excluding carboxylic acids is 2. The third kappa shape index (κ3) is 7.30. The summed E-state index contributed by atoms with van der Waals surface area (Å²) in [5.74, 6) is -1.98. The molecule has 0 spiro atoms. The Balaban J connectivity index is 2.46. The van der Waals surface area contributed by atoms with Crippen molar-refractivity contribution in [3.63, 3.8) is 0 Å². The van der Waals surface area contributed by atoms with Crippen molar-refractivity contribution in [2.75, 3.05) is 6.54 Å². The van der Waals surface area contributed by atoms with Gasteiger partial charge in [0.2, 0.25) is 6.10 Å². The van der Waals surface area contributed by atoms with Crippen molar-refractivity contribution in [2.45, 2.75) is 38.9 Å². The molecule has 1 atom stereocenters. The first-order valence-corrected chi connectivity index (χ1v) is 7.13. The van der Waals surface area contributed by atoms with Gasteiger partial charge in [0.15, 0.2) is 0 Å². The molecule has 23 heavy (non-hydrogen) atoms. The van der Waals surface area contributed by atoms with Crippen LogP contribution in [0.1, 0.15) is 38.9 Å². The highest BCUT2D eigenvalue weighted by atomic mass is 16.6. The third-order valence-electron chi connectivity index (χ3n) is 2.57. The van der Waals surface area contributed by atoms with E-state index in [0.717, 1.165) is 0 Å². The van der Waals surface area contributed by atoms with E-state index >= 15 is 0 Å². The van der Waals surface area contributed by atoms with E-state index in [1.54, 1.807) is 51.1 Å². The molecule has 0 aliphatic rings. The Morgan fingerprint density at radius 1 is 1.17 bits per heavy atom. The summed E-state index contributed by atoms with van der Waals surface area (Å²) < 4.78 is 9.96. The number of nitrogens with one attached hydrogen (secondary N) is 1. The zero-order valence-corrected chi connectivity index (χ0v) is 13.4. The summed E-state index contributed by atoms with van der Waals surface area (Å²) in [5.41, 5.74) is -0.264. The van der Waals surface area contributed by atoms with Gasteiger partial charge in [0.25, 0.3) is 0 Å². The van der Waals surface area contributed by atoms with Crippen LogP contribution in [0, 0.1) is 0 Å². The second kappa shape index (κ2) is 8.17. The van der Waals surface area contributed by atoms with Gasteiger partial charge in [0.1, 0.15) is 5.60 Å². The largest absolute Gasteiger partial charge is 0.478 e. The van der Waals surface area contributed by atoms with Gasteiger partial charge in [-0.05, 0) is 20.8 Å². The molecule has 7 heteroatoms. The topological polar surface area (TPSA) is 102 Å². The fourth-order valence-electron chi connectivity index (χ4n) is 1.66. The van der Waals surface area contributed by atoms with E-state index in [1.807, 2.05) is 0 Å². The molecule has 0 fully saturated rings. The monoisotopic (exact) mass is 323 g/mol. The third-order valence-corrected chi connectivity index (χ3v) is 2.57. The van der Waals surface area contributed by atoms with E-state index < -0.39 is 29.7 Å². The zero-order valence-electron chi connectivity index (χ0n) is 13.4. The van der Waals surface area contributed by atoms with Gasteiger partial charge in [0.05, 0.1) is 6.42 Å². The number of carboxylic acid groups (broad SMARTS) is 1. The van der Waals surface area contributed by atoms with Crippen LogP contribution in [0.4, 0.5) is 4.79 Å². The number of amides is 1. The maximum absolute atomic E-state index is 11.7. The molecule has 7 nitrogen and oxygen atoms in total. The lowest BCUT2D eigenvalue weighted by Gasteiger charge is -2.19. The summed E-state index contributed by atoms with van der Waals surface area (Å²) >= 11 is 0. The Hall–Kier alpha value is -2.57. The number of hydrogen-bond acceptors (Lipinski definition) is 5. The van der Waals surface area contributed by atoms with Crippen molar-refractivity contribution in [3.8, 4) is 0 Å². The number of aliphatic carboxylic acids is 1. The SMILES string of the molecule is CC(C)(C)OC(=O)NCCC(=O)OC(C(=O)O)c1ccccc1. The molecule has 1 amide bonds. The number of carboxylic acids is 1. The zero-order chi connectivity index (χ0) is 17.5. The molecule has 2 N–H and O–H groups in total. The van der Waals surface area contributed by atoms with Gasteiger partial charge in [-0.1, -0.05) is 30.3 Å². The lowest BCUT2D eigenvalue weighted by molar-refractivity contribution is -0.164. The van der Waals surface area contributed by atoms with Crippen molar-refractivity contribution < 1.29 is 29.0 Å². The van der Waals surface area contributed by atoms with Gasteiger partial charge in [-0.25, -0.2) is 9.59 Å². The Kier molecular flexibility index (Phi) is 6.56. The molecule has 0 saturated heterocycles. The van der Waals surface area contributed by atoms with Crippen LogP contribution in [-0.4, -0.2) is 35.3 Å². The molecule has 1 rings (SSSR count). The minimum atomic E-state index is -1.37. The highest BCUT2D eigenvalue weighted by molar-refractivity contribution is 5.79. The summed E-state index contributed by atoms with van der Waals surface area (Å²) in [7, 11) is 0. The molecule has 0 heterocycles. The standard InChI is InChI=1S/C16H21NO6/c1-16(2,3)23-15(21)17-10-9-12(18)22-13(14(19)20)11-7-5-4-6-8-11/h4-8,13H,9-10H2,1-3H3,(H,17,21)(H,19,20). The summed E-state index contributed by atoms with van der Waals surface area (Å²) in [4.78, 5) is 34.3. The van der Waals surface area contributed by atoms with Gasteiger partial charge in [-0.15, -0.1) is 0 Å². The van der Waals surface area contributed by atoms with Crippen molar-refractivity contribution >= 4 is 18.0 Å². The minimum absolute atomic E-state index is 0.00508. The molecular formula is C16H21NO6. The highest BCUT2D eigenvalue weighted by Gasteiger charge is 2.24. The Labute approximate surface area is 134 Å². The molecule has 0 radical (unpaired) electrons. The van der Waals surface area contributed by atoms with Crippen molar-refractivity contribution in [1.29, 1.82) is 0 Å². The number of hydrogen-bond donors (Lipinski definition) is 2. The van der Waals surface area contributed by atoms with Gasteiger partial charge in [-0.2, -0.15) is 0 Å². The second-order valence-corrected chi connectivity index (χ2v) is 5.80. The van der Waals surface area contributed by atoms with E-state index in [9.17, 15) is 14.4 Å². The van der Waals surface area contributed by atoms with Crippen LogP contribution in [0.2, 0.25) is 0 Å². The van der Waals surface area contributed by atoms with E-state index in [1.165, 1.54) is 0 Å². The Bertz CT molecular complexity index is 549. The van der Waals surface area contributed by atoms with Crippen LogP contribution >= 0.6 is 0 Å². The van der Waals surface area contributed by atoms with Gasteiger partial charge in [0, 0.05) is 12.1 Å². The van der Waals surface area contributed by atoms with Crippen molar-refractivity contribution in [2.24, 2.45) is 0 Å². The molecule has 0 aromatic heterocycles. The lowest BCUT2D eigenvalue weighted by atomic mass is 10.1. The molecule has 0 bridgehead atoms. The Morgan fingerprint density at radius 2 is 1.78 bits per heavy atom. The average Bonchev–Trinajstić information content (AvgIpc) is 2.43. The summed E-state index contributed by atoms with van der Waals surface area (Å²) in [6, 6.07) is 8.16. The molecule has 1 aromatic rings. The van der Waals surface area contributed by atoms with E-state index in [2.05, 4.69) is 5.32 Å². The van der Waals surface area contributed by atoms with Crippen molar-refractivity contribution in [3.05, 3.63) is 35.9 Å². The number of alkyl carbamates (subject to hydrolysis) is 1. The molecular weight excluding hydrogens is 302 g/mol. The normalized spacial score (nSPS) is 12.1. The average molecular weight is 323 g/mol. The first-order valence-electron chi connectivity index (χ1n) is 7.13. The molecule has 1 unspecified atom stereocenters. The predicted octanol–water partition coefficient (Wildman–Crippen LogP) is 2.27. The van der Waals surface area contributed by atoms with Crippen LogP contribution in [0.3, 0.4) is 0 Å². The Morgan fingerprint density at radius 3 is 2.30 bits per heavy atom. The first kappa shape index (κ1) is 18.5. The fourth-order valence-corrected chi connectivity index (χ4v) is 1.66. The van der Waals surface area contributed by atoms with E-state index in [4.69, 9.17) is 14.6 Å². The maximum Gasteiger partial charge on any atom is 0.407 e. The molecule has 126 valence electrons. The number of esters is 1.